The third-order valence-electron chi connectivity index (χ3n) is 4.17. The van der Waals surface area contributed by atoms with Crippen molar-refractivity contribution in [3.63, 3.8) is 0 Å². The Labute approximate surface area is 150 Å². The van der Waals surface area contributed by atoms with Crippen molar-refractivity contribution in [2.45, 2.75) is 19.9 Å². The Morgan fingerprint density at radius 3 is 2.71 bits per heavy atom. The SMILES string of the molecule is Cc1ccc(CN2C[C@H](C(=O)Nc3cccc(Br)c3)CC2=O)cc1. The number of hydrogen-bond donors (Lipinski definition) is 1. The Bertz CT molecular complexity index is 758. The fourth-order valence-electron chi connectivity index (χ4n) is 2.83. The van der Waals surface area contributed by atoms with Crippen molar-refractivity contribution < 1.29 is 9.59 Å². The number of benzene rings is 2. The van der Waals surface area contributed by atoms with Crippen LogP contribution in [0.15, 0.2) is 53.0 Å². The molecule has 1 saturated heterocycles. The molecular weight excluding hydrogens is 368 g/mol. The minimum atomic E-state index is -0.304. The number of nitrogens with zero attached hydrogens (tertiary/aromatic N) is 1. The summed E-state index contributed by atoms with van der Waals surface area (Å²) in [7, 11) is 0. The van der Waals surface area contributed by atoms with Crippen molar-refractivity contribution in [3.05, 3.63) is 64.1 Å². The van der Waals surface area contributed by atoms with Crippen LogP contribution in [0.2, 0.25) is 0 Å². The van der Waals surface area contributed by atoms with Crippen molar-refractivity contribution in [1.82, 2.24) is 4.90 Å². The molecule has 0 unspecified atom stereocenters. The van der Waals surface area contributed by atoms with E-state index in [-0.39, 0.29) is 24.2 Å². The first-order valence-electron chi connectivity index (χ1n) is 7.91. The Kier molecular flexibility index (Phi) is 5.00. The molecule has 0 aromatic heterocycles. The summed E-state index contributed by atoms with van der Waals surface area (Å²) < 4.78 is 0.906. The van der Waals surface area contributed by atoms with Crippen molar-refractivity contribution in [2.24, 2.45) is 5.92 Å². The number of nitrogens with one attached hydrogen (secondary N) is 1. The van der Waals surface area contributed by atoms with Crippen LogP contribution in [-0.4, -0.2) is 23.3 Å². The van der Waals surface area contributed by atoms with Crippen LogP contribution in [0.5, 0.6) is 0 Å². The third kappa shape index (κ3) is 4.03. The fourth-order valence-corrected chi connectivity index (χ4v) is 3.22. The normalized spacial score (nSPS) is 17.2. The molecule has 0 bridgehead atoms. The summed E-state index contributed by atoms with van der Waals surface area (Å²) in [5.74, 6) is -0.375. The Balaban J connectivity index is 1.61. The number of hydrogen-bond acceptors (Lipinski definition) is 2. The monoisotopic (exact) mass is 386 g/mol. The molecule has 4 nitrogen and oxygen atoms in total. The second-order valence-electron chi connectivity index (χ2n) is 6.16. The highest BCUT2D eigenvalue weighted by Crippen LogP contribution is 2.23. The van der Waals surface area contributed by atoms with Crippen LogP contribution in [0, 0.1) is 12.8 Å². The molecule has 124 valence electrons. The standard InChI is InChI=1S/C19H19BrN2O2/c1-13-5-7-14(8-6-13)11-22-12-15(9-18(22)23)19(24)21-17-4-2-3-16(20)10-17/h2-8,10,15H,9,11-12H2,1H3,(H,21,24)/t15-/m1/s1. The summed E-state index contributed by atoms with van der Waals surface area (Å²) in [6.45, 7) is 3.05. The first-order chi connectivity index (χ1) is 11.5. The molecule has 1 aliphatic heterocycles. The Hall–Kier alpha value is -2.14. The second kappa shape index (κ2) is 7.18. The molecule has 5 heteroatoms. The van der Waals surface area contributed by atoms with Gasteiger partial charge in [-0.25, -0.2) is 0 Å². The van der Waals surface area contributed by atoms with Gasteiger partial charge in [-0.1, -0.05) is 51.8 Å². The Morgan fingerprint density at radius 1 is 1.25 bits per heavy atom. The Morgan fingerprint density at radius 2 is 2.00 bits per heavy atom. The first-order valence-corrected chi connectivity index (χ1v) is 8.70. The van der Waals surface area contributed by atoms with Gasteiger partial charge >= 0.3 is 0 Å². The van der Waals surface area contributed by atoms with Crippen molar-refractivity contribution >= 4 is 33.4 Å². The van der Waals surface area contributed by atoms with Crippen molar-refractivity contribution in [1.29, 1.82) is 0 Å². The largest absolute Gasteiger partial charge is 0.338 e. The maximum Gasteiger partial charge on any atom is 0.229 e. The summed E-state index contributed by atoms with van der Waals surface area (Å²) in [6.07, 6.45) is 0.270. The van der Waals surface area contributed by atoms with Gasteiger partial charge in [0.25, 0.3) is 0 Å². The molecule has 0 saturated carbocycles. The number of rotatable bonds is 4. The lowest BCUT2D eigenvalue weighted by atomic mass is 10.1. The number of carbonyl (C=O) groups is 2. The molecule has 1 N–H and O–H groups in total. The zero-order valence-electron chi connectivity index (χ0n) is 13.5. The van der Waals surface area contributed by atoms with E-state index in [1.165, 1.54) is 5.56 Å². The minimum absolute atomic E-state index is 0.0324. The van der Waals surface area contributed by atoms with E-state index in [9.17, 15) is 9.59 Å². The smallest absolute Gasteiger partial charge is 0.229 e. The van der Waals surface area contributed by atoms with Crippen LogP contribution in [0.1, 0.15) is 17.5 Å². The zero-order chi connectivity index (χ0) is 17.1. The zero-order valence-corrected chi connectivity index (χ0v) is 15.0. The van der Waals surface area contributed by atoms with Crippen LogP contribution in [0.4, 0.5) is 5.69 Å². The van der Waals surface area contributed by atoms with Gasteiger partial charge in [0.05, 0.1) is 5.92 Å². The van der Waals surface area contributed by atoms with Gasteiger partial charge in [-0.2, -0.15) is 0 Å². The van der Waals surface area contributed by atoms with Crippen molar-refractivity contribution in [3.8, 4) is 0 Å². The number of likely N-dealkylation sites (tertiary alicyclic amines) is 1. The number of aryl methyl sites for hydroxylation is 1. The predicted octanol–water partition coefficient (Wildman–Crippen LogP) is 3.74. The van der Waals surface area contributed by atoms with Crippen LogP contribution in [0.25, 0.3) is 0 Å². The van der Waals surface area contributed by atoms with Crippen LogP contribution < -0.4 is 5.32 Å². The molecule has 1 aliphatic rings. The molecule has 2 aromatic carbocycles. The van der Waals surface area contributed by atoms with E-state index in [1.54, 1.807) is 4.90 Å². The van der Waals surface area contributed by atoms with Gasteiger partial charge in [0.15, 0.2) is 0 Å². The minimum Gasteiger partial charge on any atom is -0.338 e. The van der Waals surface area contributed by atoms with E-state index in [1.807, 2.05) is 55.5 Å². The van der Waals surface area contributed by atoms with E-state index in [4.69, 9.17) is 0 Å². The van der Waals surface area contributed by atoms with E-state index in [0.717, 1.165) is 15.7 Å². The van der Waals surface area contributed by atoms with Gasteiger partial charge in [-0.05, 0) is 30.7 Å². The first kappa shape index (κ1) is 16.7. The van der Waals surface area contributed by atoms with E-state index in [0.29, 0.717) is 13.1 Å². The van der Waals surface area contributed by atoms with E-state index >= 15 is 0 Å². The number of amides is 2. The number of carbonyl (C=O) groups excluding carboxylic acids is 2. The van der Waals surface area contributed by atoms with E-state index < -0.39 is 0 Å². The van der Waals surface area contributed by atoms with Crippen LogP contribution in [0.3, 0.4) is 0 Å². The molecule has 1 atom stereocenters. The lowest BCUT2D eigenvalue weighted by Gasteiger charge is -2.17. The fraction of sp³-hybridized carbons (Fsp3) is 0.263. The van der Waals surface area contributed by atoms with Gasteiger partial charge in [0.1, 0.15) is 0 Å². The maximum absolute atomic E-state index is 12.4. The van der Waals surface area contributed by atoms with Gasteiger partial charge in [0, 0.05) is 29.7 Å². The van der Waals surface area contributed by atoms with Gasteiger partial charge in [-0.3, -0.25) is 9.59 Å². The molecule has 2 amide bonds. The predicted molar refractivity (Wildman–Crippen MR) is 97.5 cm³/mol. The quantitative estimate of drug-likeness (QED) is 0.869. The highest BCUT2D eigenvalue weighted by Gasteiger charge is 2.34. The molecule has 1 fully saturated rings. The lowest BCUT2D eigenvalue weighted by molar-refractivity contribution is -0.128. The third-order valence-corrected chi connectivity index (χ3v) is 4.66. The van der Waals surface area contributed by atoms with Gasteiger partial charge in [0.2, 0.25) is 11.8 Å². The molecule has 0 radical (unpaired) electrons. The van der Waals surface area contributed by atoms with Crippen LogP contribution in [-0.2, 0) is 16.1 Å². The topological polar surface area (TPSA) is 49.4 Å². The highest BCUT2D eigenvalue weighted by atomic mass is 79.9. The summed E-state index contributed by atoms with van der Waals surface area (Å²) in [4.78, 5) is 26.4. The van der Waals surface area contributed by atoms with Crippen molar-refractivity contribution in [2.75, 3.05) is 11.9 Å². The summed E-state index contributed by atoms with van der Waals surface area (Å²) in [5, 5.41) is 2.89. The molecular formula is C19H19BrN2O2. The highest BCUT2D eigenvalue weighted by molar-refractivity contribution is 9.10. The summed E-state index contributed by atoms with van der Waals surface area (Å²) in [5.41, 5.74) is 3.01. The molecule has 0 spiro atoms. The number of anilines is 1. The lowest BCUT2D eigenvalue weighted by Crippen LogP contribution is -2.28. The molecule has 3 rings (SSSR count). The van der Waals surface area contributed by atoms with E-state index in [2.05, 4.69) is 21.2 Å². The molecule has 2 aromatic rings. The number of halogens is 1. The molecule has 0 aliphatic carbocycles. The average Bonchev–Trinajstić information content (AvgIpc) is 2.91. The molecule has 1 heterocycles. The average molecular weight is 387 g/mol. The van der Waals surface area contributed by atoms with Crippen LogP contribution >= 0.6 is 15.9 Å². The summed E-state index contributed by atoms with van der Waals surface area (Å²) in [6, 6.07) is 15.6. The van der Waals surface area contributed by atoms with Gasteiger partial charge in [-0.15, -0.1) is 0 Å². The summed E-state index contributed by atoms with van der Waals surface area (Å²) >= 11 is 3.38. The van der Waals surface area contributed by atoms with Gasteiger partial charge < -0.3 is 10.2 Å². The maximum atomic E-state index is 12.4. The second-order valence-corrected chi connectivity index (χ2v) is 7.08. The molecule has 24 heavy (non-hydrogen) atoms.